The van der Waals surface area contributed by atoms with Gasteiger partial charge in [0.05, 0.1) is 11.6 Å². The van der Waals surface area contributed by atoms with E-state index in [-0.39, 0.29) is 12.1 Å². The van der Waals surface area contributed by atoms with E-state index >= 15 is 0 Å². The summed E-state index contributed by atoms with van der Waals surface area (Å²) in [5.41, 5.74) is 0.182. The van der Waals surface area contributed by atoms with E-state index in [4.69, 9.17) is 5.26 Å². The van der Waals surface area contributed by atoms with Gasteiger partial charge in [0.1, 0.15) is 24.0 Å². The summed E-state index contributed by atoms with van der Waals surface area (Å²) in [4.78, 5) is 3.94. The third-order valence-electron chi connectivity index (χ3n) is 2.13. The van der Waals surface area contributed by atoms with E-state index in [0.717, 1.165) is 12.1 Å². The van der Waals surface area contributed by atoms with E-state index in [1.165, 1.54) is 16.8 Å². The van der Waals surface area contributed by atoms with Gasteiger partial charge in [0.2, 0.25) is 0 Å². The summed E-state index contributed by atoms with van der Waals surface area (Å²) in [6.07, 6.45) is 3.04. The molecule has 16 heavy (non-hydrogen) atoms. The lowest BCUT2D eigenvalue weighted by Crippen LogP contribution is -1.99. The molecule has 1 aromatic heterocycles. The first-order valence-electron chi connectivity index (χ1n) is 4.56. The molecule has 0 bridgehead atoms. The Labute approximate surface area is 90.6 Å². The smallest absolute Gasteiger partial charge is 0.143 e. The number of nitriles is 1. The van der Waals surface area contributed by atoms with Crippen LogP contribution in [0.3, 0.4) is 0 Å². The van der Waals surface area contributed by atoms with Crippen molar-refractivity contribution >= 4 is 0 Å². The number of aromatic nitrogens is 2. The Balaban J connectivity index is 2.51. The topological polar surface area (TPSA) is 41.6 Å². The van der Waals surface area contributed by atoms with Gasteiger partial charge < -0.3 is 4.57 Å². The molecule has 0 aliphatic rings. The summed E-state index contributed by atoms with van der Waals surface area (Å²) < 4.78 is 27.7. The Kier molecular flexibility index (Phi) is 2.64. The van der Waals surface area contributed by atoms with Crippen LogP contribution < -0.4 is 0 Å². The van der Waals surface area contributed by atoms with Crippen LogP contribution in [0.15, 0.2) is 30.6 Å². The first-order chi connectivity index (χ1) is 7.72. The maximum atomic E-state index is 13.5. The summed E-state index contributed by atoms with van der Waals surface area (Å²) in [6, 6.07) is 5.19. The summed E-state index contributed by atoms with van der Waals surface area (Å²) in [7, 11) is 0. The van der Waals surface area contributed by atoms with Gasteiger partial charge in [-0.05, 0) is 12.1 Å². The van der Waals surface area contributed by atoms with Crippen molar-refractivity contribution in [2.45, 2.75) is 6.54 Å². The lowest BCUT2D eigenvalue weighted by Gasteiger charge is -2.04. The molecule has 1 aromatic carbocycles. The van der Waals surface area contributed by atoms with Crippen LogP contribution in [0.4, 0.5) is 8.78 Å². The Hall–Kier alpha value is -2.22. The van der Waals surface area contributed by atoms with Crippen LogP contribution in [0, 0.1) is 23.0 Å². The van der Waals surface area contributed by atoms with E-state index in [1.54, 1.807) is 6.20 Å². The van der Waals surface area contributed by atoms with Crippen molar-refractivity contribution in [3.8, 4) is 17.5 Å². The molecule has 1 heterocycles. The molecule has 0 saturated heterocycles. The van der Waals surface area contributed by atoms with Crippen molar-refractivity contribution < 1.29 is 8.78 Å². The second-order valence-electron chi connectivity index (χ2n) is 3.16. The average Bonchev–Trinajstić information content (AvgIpc) is 2.67. The molecule has 0 aliphatic carbocycles. The largest absolute Gasteiger partial charge is 0.317 e. The van der Waals surface area contributed by atoms with Gasteiger partial charge in [-0.25, -0.2) is 13.8 Å². The van der Waals surface area contributed by atoms with Crippen LogP contribution in [0.25, 0.3) is 11.4 Å². The molecule has 0 aliphatic heterocycles. The molecule has 80 valence electrons. The van der Waals surface area contributed by atoms with Gasteiger partial charge in [0, 0.05) is 18.5 Å². The molecule has 0 unspecified atom stereocenters. The van der Waals surface area contributed by atoms with Crippen molar-refractivity contribution in [1.29, 1.82) is 5.26 Å². The molecular weight excluding hydrogens is 212 g/mol. The highest BCUT2D eigenvalue weighted by Gasteiger charge is 2.11. The molecule has 0 atom stereocenters. The van der Waals surface area contributed by atoms with Gasteiger partial charge in [-0.1, -0.05) is 0 Å². The fourth-order valence-electron chi connectivity index (χ4n) is 1.43. The minimum Gasteiger partial charge on any atom is -0.317 e. The molecule has 3 nitrogen and oxygen atoms in total. The van der Waals surface area contributed by atoms with Crippen LogP contribution in [-0.2, 0) is 6.54 Å². The highest BCUT2D eigenvalue weighted by Crippen LogP contribution is 2.21. The van der Waals surface area contributed by atoms with Crippen LogP contribution in [-0.4, -0.2) is 9.55 Å². The van der Waals surface area contributed by atoms with Crippen LogP contribution in [0.1, 0.15) is 0 Å². The molecule has 2 rings (SSSR count). The summed E-state index contributed by atoms with van der Waals surface area (Å²) in [5.74, 6) is -1.01. The fourth-order valence-corrected chi connectivity index (χ4v) is 1.43. The highest BCUT2D eigenvalue weighted by atomic mass is 19.1. The average molecular weight is 219 g/mol. The van der Waals surface area contributed by atoms with Gasteiger partial charge in [0.25, 0.3) is 0 Å². The molecule has 0 N–H and O–H groups in total. The van der Waals surface area contributed by atoms with Crippen molar-refractivity contribution in [2.75, 3.05) is 0 Å². The number of hydrogen-bond donors (Lipinski definition) is 0. The zero-order valence-corrected chi connectivity index (χ0v) is 8.19. The van der Waals surface area contributed by atoms with E-state index in [2.05, 4.69) is 4.98 Å². The van der Waals surface area contributed by atoms with Gasteiger partial charge >= 0.3 is 0 Å². The molecule has 2 aromatic rings. The molecule has 5 heteroatoms. The lowest BCUT2D eigenvalue weighted by molar-refractivity contribution is 0.584. The fraction of sp³-hybridized carbons (Fsp3) is 0.0909. The quantitative estimate of drug-likeness (QED) is 0.777. The summed E-state index contributed by atoms with van der Waals surface area (Å²) in [5, 5.41) is 8.57. The zero-order chi connectivity index (χ0) is 11.5. The first kappa shape index (κ1) is 10.3. The summed E-state index contributed by atoms with van der Waals surface area (Å²) >= 11 is 0. The highest BCUT2D eigenvalue weighted by molar-refractivity contribution is 5.56. The third kappa shape index (κ3) is 1.77. The zero-order valence-electron chi connectivity index (χ0n) is 8.19. The molecule has 0 saturated carbocycles. The Morgan fingerprint density at radius 2 is 2.19 bits per heavy atom. The minimum atomic E-state index is -0.689. The Morgan fingerprint density at radius 3 is 2.88 bits per heavy atom. The van der Waals surface area contributed by atoms with Crippen molar-refractivity contribution in [3.63, 3.8) is 0 Å². The van der Waals surface area contributed by atoms with Gasteiger partial charge in [-0.2, -0.15) is 5.26 Å². The predicted octanol–water partition coefficient (Wildman–Crippen LogP) is 2.35. The van der Waals surface area contributed by atoms with Crippen LogP contribution in [0.5, 0.6) is 0 Å². The van der Waals surface area contributed by atoms with E-state index in [1.807, 2.05) is 6.07 Å². The van der Waals surface area contributed by atoms with E-state index < -0.39 is 11.6 Å². The van der Waals surface area contributed by atoms with Crippen molar-refractivity contribution in [2.24, 2.45) is 0 Å². The third-order valence-corrected chi connectivity index (χ3v) is 2.13. The SMILES string of the molecule is N#CCn1ccnc1-c1ccc(F)cc1F. The number of hydrogen-bond acceptors (Lipinski definition) is 2. The van der Waals surface area contributed by atoms with Gasteiger partial charge in [-0.15, -0.1) is 0 Å². The standard InChI is InChI=1S/C11H7F2N3/c12-8-1-2-9(10(13)7-8)11-15-4-6-16(11)5-3-14/h1-2,4,6-7H,5H2. The van der Waals surface area contributed by atoms with Crippen molar-refractivity contribution in [3.05, 3.63) is 42.2 Å². The second kappa shape index (κ2) is 4.11. The van der Waals surface area contributed by atoms with E-state index in [9.17, 15) is 8.78 Å². The van der Waals surface area contributed by atoms with Gasteiger partial charge in [-0.3, -0.25) is 0 Å². The number of rotatable bonds is 2. The number of benzene rings is 1. The lowest BCUT2D eigenvalue weighted by atomic mass is 10.2. The molecule has 0 radical (unpaired) electrons. The Bertz CT molecular complexity index is 555. The number of imidazole rings is 1. The maximum Gasteiger partial charge on any atom is 0.143 e. The van der Waals surface area contributed by atoms with Crippen molar-refractivity contribution in [1.82, 2.24) is 9.55 Å². The Morgan fingerprint density at radius 1 is 1.38 bits per heavy atom. The summed E-state index contributed by atoms with van der Waals surface area (Å²) in [6.45, 7) is 0.0755. The minimum absolute atomic E-state index is 0.0755. The van der Waals surface area contributed by atoms with Gasteiger partial charge in [0.15, 0.2) is 0 Å². The molecule has 0 fully saturated rings. The number of halogens is 2. The van der Waals surface area contributed by atoms with E-state index in [0.29, 0.717) is 5.82 Å². The van der Waals surface area contributed by atoms with Crippen LogP contribution >= 0.6 is 0 Å². The maximum absolute atomic E-state index is 13.5. The predicted molar refractivity (Wildman–Crippen MR) is 53.2 cm³/mol. The van der Waals surface area contributed by atoms with Crippen LogP contribution in [0.2, 0.25) is 0 Å². The molecule has 0 amide bonds. The first-order valence-corrected chi connectivity index (χ1v) is 4.56. The monoisotopic (exact) mass is 219 g/mol. The molecular formula is C11H7F2N3. The molecule has 0 spiro atoms. The number of nitrogens with zero attached hydrogens (tertiary/aromatic N) is 3. The second-order valence-corrected chi connectivity index (χ2v) is 3.16. The normalized spacial score (nSPS) is 10.1.